The van der Waals surface area contributed by atoms with E-state index in [1.807, 2.05) is 30.7 Å². The van der Waals surface area contributed by atoms with E-state index >= 15 is 0 Å². The number of nitrogens with zero attached hydrogens (tertiary/aromatic N) is 5. The van der Waals surface area contributed by atoms with Crippen LogP contribution in [0.25, 0.3) is 27.8 Å². The van der Waals surface area contributed by atoms with Gasteiger partial charge in [-0.25, -0.2) is 18.7 Å². The number of likely N-dealkylation sites (tertiary alicyclic amines) is 1. The zero-order valence-corrected chi connectivity index (χ0v) is 24.0. The number of nitrogens with one attached hydrogen (secondary N) is 1. The van der Waals surface area contributed by atoms with Crippen LogP contribution in [0.2, 0.25) is 5.15 Å². The number of halogens is 2. The van der Waals surface area contributed by atoms with E-state index in [2.05, 4.69) is 10.3 Å². The second-order valence-electron chi connectivity index (χ2n) is 11.1. The van der Waals surface area contributed by atoms with Crippen LogP contribution in [0.4, 0.5) is 9.18 Å². The predicted octanol–water partition coefficient (Wildman–Crippen LogP) is 4.94. The monoisotopic (exact) mass is 570 g/mol. The third kappa shape index (κ3) is 5.17. The van der Waals surface area contributed by atoms with Gasteiger partial charge in [0.2, 0.25) is 0 Å². The summed E-state index contributed by atoms with van der Waals surface area (Å²) >= 11 is 6.36. The Morgan fingerprint density at radius 2 is 1.95 bits per heavy atom. The number of fused-ring (bicyclic) bond motifs is 2. The van der Waals surface area contributed by atoms with Crippen LogP contribution in [0.3, 0.4) is 0 Å². The maximum Gasteiger partial charge on any atom is 0.407 e. The van der Waals surface area contributed by atoms with E-state index in [0.717, 1.165) is 22.2 Å². The molecule has 40 heavy (non-hydrogen) atoms. The lowest BCUT2D eigenvalue weighted by molar-refractivity contribution is 0.0394. The molecule has 2 amide bonds. The van der Waals surface area contributed by atoms with Crippen LogP contribution in [-0.2, 0) is 11.8 Å². The lowest BCUT2D eigenvalue weighted by Gasteiger charge is -2.35. The van der Waals surface area contributed by atoms with E-state index in [9.17, 15) is 14.0 Å². The normalized spacial score (nSPS) is 17.9. The van der Waals surface area contributed by atoms with Gasteiger partial charge >= 0.3 is 6.09 Å². The molecule has 1 N–H and O–H groups in total. The summed E-state index contributed by atoms with van der Waals surface area (Å²) in [6.45, 7) is 7.25. The smallest absolute Gasteiger partial charge is 0.407 e. The Balaban J connectivity index is 1.47. The summed E-state index contributed by atoms with van der Waals surface area (Å²) < 4.78 is 29.2. The third-order valence-electron chi connectivity index (χ3n) is 6.95. The molecule has 0 aromatic carbocycles. The molecule has 0 unspecified atom stereocenters. The van der Waals surface area contributed by atoms with Gasteiger partial charge in [-0.1, -0.05) is 11.6 Å². The molecule has 2 atom stereocenters. The Kier molecular flexibility index (Phi) is 7.11. The average Bonchev–Trinajstić information content (AvgIpc) is 3.38. The number of aromatic nitrogens is 4. The molecule has 0 aliphatic carbocycles. The quantitative estimate of drug-likeness (QED) is 0.349. The van der Waals surface area contributed by atoms with Crippen molar-refractivity contribution in [2.75, 3.05) is 20.2 Å². The van der Waals surface area contributed by atoms with Crippen molar-refractivity contribution >= 4 is 40.0 Å². The largest absolute Gasteiger partial charge is 0.494 e. The highest BCUT2D eigenvalue weighted by molar-refractivity contribution is 6.34. The van der Waals surface area contributed by atoms with Gasteiger partial charge < -0.3 is 24.3 Å². The number of carbonyl (C=O) groups is 2. The number of alkyl halides is 1. The maximum atomic E-state index is 14.7. The molecule has 1 saturated heterocycles. The van der Waals surface area contributed by atoms with E-state index in [4.69, 9.17) is 26.2 Å². The highest BCUT2D eigenvalue weighted by atomic mass is 35.5. The fourth-order valence-electron chi connectivity index (χ4n) is 5.25. The van der Waals surface area contributed by atoms with Crippen molar-refractivity contribution in [2.45, 2.75) is 51.9 Å². The number of hydrogen-bond donors (Lipinski definition) is 1. The number of amides is 2. The van der Waals surface area contributed by atoms with Gasteiger partial charge in [0, 0.05) is 43.4 Å². The van der Waals surface area contributed by atoms with Crippen molar-refractivity contribution in [2.24, 2.45) is 7.05 Å². The number of methoxy groups -OCH3 is 1. The Labute approximate surface area is 236 Å². The maximum absolute atomic E-state index is 14.7. The summed E-state index contributed by atoms with van der Waals surface area (Å²) in [5.41, 5.74) is 3.47. The van der Waals surface area contributed by atoms with Crippen molar-refractivity contribution < 1.29 is 23.5 Å². The fraction of sp³-hybridized carbons (Fsp3) is 0.429. The number of aryl methyl sites for hydroxylation is 2. The van der Waals surface area contributed by atoms with Crippen LogP contribution in [0.15, 0.2) is 30.6 Å². The van der Waals surface area contributed by atoms with Gasteiger partial charge in [-0.15, -0.1) is 0 Å². The predicted molar refractivity (Wildman–Crippen MR) is 150 cm³/mol. The molecule has 4 aromatic rings. The molecule has 212 valence electrons. The number of carbonyl (C=O) groups excluding carboxylic acids is 2. The number of rotatable bonds is 4. The number of hydrogen-bond acceptors (Lipinski definition) is 6. The molecule has 5 rings (SSSR count). The van der Waals surface area contributed by atoms with Gasteiger partial charge in [-0.2, -0.15) is 5.10 Å². The molecule has 12 heteroatoms. The third-order valence-corrected chi connectivity index (χ3v) is 7.22. The van der Waals surface area contributed by atoms with Crippen molar-refractivity contribution in [1.29, 1.82) is 0 Å². The van der Waals surface area contributed by atoms with Crippen molar-refractivity contribution in [3.05, 3.63) is 46.9 Å². The molecular formula is C28H32ClFN6O4. The fourth-order valence-corrected chi connectivity index (χ4v) is 5.54. The van der Waals surface area contributed by atoms with Crippen LogP contribution in [0, 0.1) is 6.92 Å². The summed E-state index contributed by atoms with van der Waals surface area (Å²) in [4.78, 5) is 31.4. The summed E-state index contributed by atoms with van der Waals surface area (Å²) in [5.74, 6) is 0.0634. The molecule has 0 bridgehead atoms. The molecule has 1 aliphatic heterocycles. The van der Waals surface area contributed by atoms with Gasteiger partial charge in [-0.3, -0.25) is 4.79 Å². The molecule has 0 spiro atoms. The van der Waals surface area contributed by atoms with E-state index in [1.54, 1.807) is 43.7 Å². The van der Waals surface area contributed by atoms with Crippen molar-refractivity contribution in [3.63, 3.8) is 0 Å². The standard InChI is InChI=1S/C28H32ClFN6O4/c1-15-22(20-9-16-7-8-31-25(29)24(16)34(20)5)33-36-12-17(10-21(39-6)23(15)36)26(37)35-13-18(30)11-19(14-35)32-27(38)40-28(2,3)4/h7-10,12,18-19H,11,13-14H2,1-6H3,(H,32,38)/t18-,19-/m1/s1. The Morgan fingerprint density at radius 1 is 1.20 bits per heavy atom. The SMILES string of the molecule is COc1cc(C(=O)N2C[C@H](F)C[C@@H](NC(=O)OC(C)(C)C)C2)cn2nc(-c3cc4ccnc(Cl)c4n3C)c(C)c12. The first kappa shape index (κ1) is 27.7. The zero-order valence-electron chi connectivity index (χ0n) is 23.3. The van der Waals surface area contributed by atoms with Crippen LogP contribution in [0.5, 0.6) is 5.75 Å². The molecule has 1 aliphatic rings. The van der Waals surface area contributed by atoms with Gasteiger partial charge in [0.1, 0.15) is 28.7 Å². The first-order valence-electron chi connectivity index (χ1n) is 13.0. The molecule has 4 aromatic heterocycles. The number of ether oxygens (including phenoxy) is 2. The van der Waals surface area contributed by atoms with Crippen LogP contribution >= 0.6 is 11.6 Å². The summed E-state index contributed by atoms with van der Waals surface area (Å²) in [6, 6.07) is 4.92. The average molecular weight is 571 g/mol. The molecule has 0 saturated carbocycles. The lowest BCUT2D eigenvalue weighted by atomic mass is 10.0. The second-order valence-corrected chi connectivity index (χ2v) is 11.4. The summed E-state index contributed by atoms with van der Waals surface area (Å²) in [7, 11) is 3.42. The zero-order chi connectivity index (χ0) is 28.9. The number of alkyl carbamates (subject to hydrolysis) is 1. The van der Waals surface area contributed by atoms with E-state index in [0.29, 0.717) is 22.1 Å². The minimum absolute atomic E-state index is 0.0835. The first-order valence-corrected chi connectivity index (χ1v) is 13.3. The molecule has 1 fully saturated rings. The Bertz CT molecular complexity index is 1620. The van der Waals surface area contributed by atoms with E-state index in [-0.39, 0.29) is 25.1 Å². The Morgan fingerprint density at radius 3 is 2.62 bits per heavy atom. The van der Waals surface area contributed by atoms with Gasteiger partial charge in [-0.05, 0) is 45.9 Å². The number of piperidine rings is 1. The summed E-state index contributed by atoms with van der Waals surface area (Å²) in [6.07, 6.45) is 1.42. The van der Waals surface area contributed by atoms with Gasteiger partial charge in [0.25, 0.3) is 5.91 Å². The molecule has 0 radical (unpaired) electrons. The van der Waals surface area contributed by atoms with Crippen molar-refractivity contribution in [1.82, 2.24) is 29.4 Å². The first-order chi connectivity index (χ1) is 18.9. The number of pyridine rings is 2. The van der Waals surface area contributed by atoms with Crippen LogP contribution < -0.4 is 10.1 Å². The topological polar surface area (TPSA) is 103 Å². The molecule has 10 nitrogen and oxygen atoms in total. The minimum Gasteiger partial charge on any atom is -0.494 e. The highest BCUT2D eigenvalue weighted by Crippen LogP contribution is 2.35. The van der Waals surface area contributed by atoms with Crippen molar-refractivity contribution in [3.8, 4) is 17.1 Å². The van der Waals surface area contributed by atoms with Gasteiger partial charge in [0.15, 0.2) is 5.15 Å². The molecule has 5 heterocycles. The van der Waals surface area contributed by atoms with Crippen LogP contribution in [-0.4, -0.2) is 74.1 Å². The highest BCUT2D eigenvalue weighted by Gasteiger charge is 2.33. The van der Waals surface area contributed by atoms with Gasteiger partial charge in [0.05, 0.1) is 36.5 Å². The van der Waals surface area contributed by atoms with E-state index < -0.39 is 29.8 Å². The second kappa shape index (κ2) is 10.3. The van der Waals surface area contributed by atoms with Crippen LogP contribution in [0.1, 0.15) is 43.1 Å². The lowest BCUT2D eigenvalue weighted by Crippen LogP contribution is -2.54. The Hall–Kier alpha value is -3.86. The minimum atomic E-state index is -1.30. The van der Waals surface area contributed by atoms with E-state index in [1.165, 1.54) is 12.0 Å². The summed E-state index contributed by atoms with van der Waals surface area (Å²) in [5, 5.41) is 8.81. The molecular weight excluding hydrogens is 539 g/mol.